The molecule has 0 aliphatic carbocycles. The predicted octanol–water partition coefficient (Wildman–Crippen LogP) is 2.85. The molecule has 1 amide bonds. The van der Waals surface area contributed by atoms with Crippen molar-refractivity contribution < 1.29 is 19.1 Å². The number of benzene rings is 2. The van der Waals surface area contributed by atoms with Gasteiger partial charge in [-0.15, -0.1) is 0 Å². The number of ether oxygens (including phenoxy) is 2. The summed E-state index contributed by atoms with van der Waals surface area (Å²) < 4.78 is 10.4. The van der Waals surface area contributed by atoms with E-state index < -0.39 is 17.4 Å². The Labute approximate surface area is 154 Å². The summed E-state index contributed by atoms with van der Waals surface area (Å²) in [7, 11) is 1.56. The molecule has 2 N–H and O–H groups in total. The van der Waals surface area contributed by atoms with Crippen LogP contribution in [0, 0.1) is 0 Å². The number of aromatic nitrogens is 1. The van der Waals surface area contributed by atoms with E-state index in [-0.39, 0.29) is 11.3 Å². The Morgan fingerprint density at radius 3 is 2.52 bits per heavy atom. The molecule has 0 fully saturated rings. The summed E-state index contributed by atoms with van der Waals surface area (Å²) in [5.41, 5.74) is 0.860. The molecule has 1 heterocycles. The summed E-state index contributed by atoms with van der Waals surface area (Å²) in [4.78, 5) is 39.6. The number of carbonyl (C=O) groups is 2. The second-order valence-corrected chi connectivity index (χ2v) is 5.88. The zero-order valence-electron chi connectivity index (χ0n) is 14.9. The van der Waals surface area contributed by atoms with Gasteiger partial charge in [-0.25, -0.2) is 0 Å². The van der Waals surface area contributed by atoms with Crippen LogP contribution in [0.2, 0.25) is 0 Å². The van der Waals surface area contributed by atoms with Gasteiger partial charge in [0.15, 0.2) is 5.75 Å². The Kier molecular flexibility index (Phi) is 5.33. The molecule has 0 atom stereocenters. The van der Waals surface area contributed by atoms with E-state index in [9.17, 15) is 14.4 Å². The number of fused-ring (bicyclic) bond motifs is 1. The first-order chi connectivity index (χ1) is 13.0. The number of carbonyl (C=O) groups excluding carboxylic acids is 2. The third kappa shape index (κ3) is 4.04. The molecule has 7 nitrogen and oxygen atoms in total. The van der Waals surface area contributed by atoms with Crippen molar-refractivity contribution in [1.29, 1.82) is 0 Å². The van der Waals surface area contributed by atoms with Crippen LogP contribution in [0.1, 0.15) is 22.8 Å². The minimum absolute atomic E-state index is 0.0763. The van der Waals surface area contributed by atoms with Crippen LogP contribution in [0.15, 0.2) is 53.3 Å². The molecule has 0 unspecified atom stereocenters. The summed E-state index contributed by atoms with van der Waals surface area (Å²) in [6.07, 6.45) is 0. The molecule has 0 saturated heterocycles. The van der Waals surface area contributed by atoms with E-state index in [1.54, 1.807) is 55.6 Å². The molecule has 138 valence electrons. The van der Waals surface area contributed by atoms with Crippen LogP contribution in [0.4, 0.5) is 5.69 Å². The molecule has 0 bridgehead atoms. The van der Waals surface area contributed by atoms with E-state index in [4.69, 9.17) is 9.47 Å². The van der Waals surface area contributed by atoms with Gasteiger partial charge in [0.1, 0.15) is 5.56 Å². The number of anilines is 1. The van der Waals surface area contributed by atoms with E-state index in [2.05, 4.69) is 10.3 Å². The monoisotopic (exact) mass is 366 g/mol. The van der Waals surface area contributed by atoms with Gasteiger partial charge in [-0.1, -0.05) is 24.3 Å². The topological polar surface area (TPSA) is 97.5 Å². The van der Waals surface area contributed by atoms with Crippen LogP contribution in [0.25, 0.3) is 10.9 Å². The molecule has 0 aliphatic rings. The molecule has 0 saturated carbocycles. The molecule has 0 aliphatic heterocycles. The third-order valence-electron chi connectivity index (χ3n) is 3.85. The van der Waals surface area contributed by atoms with Crippen molar-refractivity contribution in [3.05, 3.63) is 70.0 Å². The molecule has 0 radical (unpaired) electrons. The van der Waals surface area contributed by atoms with Crippen molar-refractivity contribution in [2.45, 2.75) is 13.5 Å². The molecule has 7 heteroatoms. The first kappa shape index (κ1) is 18.3. The number of esters is 1. The van der Waals surface area contributed by atoms with Gasteiger partial charge in [-0.3, -0.25) is 14.4 Å². The van der Waals surface area contributed by atoms with Gasteiger partial charge in [-0.2, -0.15) is 0 Å². The summed E-state index contributed by atoms with van der Waals surface area (Å²) in [5.74, 6) is -1.38. The van der Waals surface area contributed by atoms with Gasteiger partial charge >= 0.3 is 5.97 Å². The summed E-state index contributed by atoms with van der Waals surface area (Å²) >= 11 is 0. The highest BCUT2D eigenvalue weighted by molar-refractivity contribution is 6.09. The van der Waals surface area contributed by atoms with Gasteiger partial charge in [0.25, 0.3) is 11.5 Å². The lowest BCUT2D eigenvalue weighted by molar-refractivity contribution is -0.131. The minimum atomic E-state index is -0.669. The lowest BCUT2D eigenvalue weighted by atomic mass is 10.1. The molecule has 3 aromatic rings. The average molecular weight is 366 g/mol. The zero-order valence-corrected chi connectivity index (χ0v) is 14.9. The minimum Gasteiger partial charge on any atom is -0.425 e. The van der Waals surface area contributed by atoms with Gasteiger partial charge in [-0.05, 0) is 29.8 Å². The molecule has 1 aromatic heterocycles. The van der Waals surface area contributed by atoms with Crippen molar-refractivity contribution >= 4 is 28.5 Å². The number of amides is 1. The SMILES string of the molecule is COCc1ccc2[nH]c(=O)c(C(=O)Nc3ccccc3)c(OC(C)=O)c2c1. The van der Waals surface area contributed by atoms with Gasteiger partial charge < -0.3 is 19.8 Å². The largest absolute Gasteiger partial charge is 0.425 e. The van der Waals surface area contributed by atoms with Gasteiger partial charge in [0.2, 0.25) is 0 Å². The van der Waals surface area contributed by atoms with E-state index in [0.29, 0.717) is 23.2 Å². The number of methoxy groups -OCH3 is 1. The van der Waals surface area contributed by atoms with Crippen molar-refractivity contribution in [3.63, 3.8) is 0 Å². The first-order valence-electron chi connectivity index (χ1n) is 8.22. The van der Waals surface area contributed by atoms with Crippen molar-refractivity contribution in [2.75, 3.05) is 12.4 Å². The van der Waals surface area contributed by atoms with E-state index in [1.807, 2.05) is 0 Å². The normalized spacial score (nSPS) is 10.6. The smallest absolute Gasteiger partial charge is 0.308 e. The average Bonchev–Trinajstić information content (AvgIpc) is 2.63. The molecule has 0 spiro atoms. The highest BCUT2D eigenvalue weighted by atomic mass is 16.5. The van der Waals surface area contributed by atoms with Gasteiger partial charge in [0.05, 0.1) is 12.1 Å². The highest BCUT2D eigenvalue weighted by Gasteiger charge is 2.22. The maximum absolute atomic E-state index is 12.7. The third-order valence-corrected chi connectivity index (χ3v) is 3.85. The van der Waals surface area contributed by atoms with Crippen LogP contribution in [-0.4, -0.2) is 24.0 Å². The lowest BCUT2D eigenvalue weighted by Crippen LogP contribution is -2.25. The Morgan fingerprint density at radius 2 is 1.85 bits per heavy atom. The van der Waals surface area contributed by atoms with Crippen LogP contribution >= 0.6 is 0 Å². The summed E-state index contributed by atoms with van der Waals surface area (Å²) in [5, 5.41) is 3.08. The fourth-order valence-corrected chi connectivity index (χ4v) is 2.74. The maximum Gasteiger partial charge on any atom is 0.308 e. The summed E-state index contributed by atoms with van der Waals surface area (Å²) in [6.45, 7) is 1.55. The number of para-hydroxylation sites is 1. The zero-order chi connectivity index (χ0) is 19.4. The number of pyridine rings is 1. The Bertz CT molecular complexity index is 1060. The van der Waals surface area contributed by atoms with E-state index >= 15 is 0 Å². The Balaban J connectivity index is 2.17. The number of rotatable bonds is 5. The fraction of sp³-hybridized carbons (Fsp3) is 0.150. The van der Waals surface area contributed by atoms with Crippen LogP contribution < -0.4 is 15.6 Å². The maximum atomic E-state index is 12.7. The predicted molar refractivity (Wildman–Crippen MR) is 101 cm³/mol. The standard InChI is InChI=1S/C20H18N2O5/c1-12(23)27-18-15-10-13(11-26-2)8-9-16(15)22-20(25)17(18)19(24)21-14-6-4-3-5-7-14/h3-10H,11H2,1-2H3,(H,21,24)(H,22,25). The molecular weight excluding hydrogens is 348 g/mol. The van der Waals surface area contributed by atoms with Crippen LogP contribution in [0.5, 0.6) is 5.75 Å². The number of aromatic amines is 1. The van der Waals surface area contributed by atoms with Crippen molar-refractivity contribution in [2.24, 2.45) is 0 Å². The van der Waals surface area contributed by atoms with E-state index in [0.717, 1.165) is 5.56 Å². The van der Waals surface area contributed by atoms with Gasteiger partial charge in [0, 0.05) is 25.1 Å². The second kappa shape index (κ2) is 7.84. The van der Waals surface area contributed by atoms with Crippen LogP contribution in [-0.2, 0) is 16.1 Å². The summed E-state index contributed by atoms with van der Waals surface area (Å²) in [6, 6.07) is 13.9. The van der Waals surface area contributed by atoms with E-state index in [1.165, 1.54) is 6.92 Å². The first-order valence-corrected chi connectivity index (χ1v) is 8.22. The quantitative estimate of drug-likeness (QED) is 0.677. The van der Waals surface area contributed by atoms with Crippen molar-refractivity contribution in [3.8, 4) is 5.75 Å². The number of nitrogens with one attached hydrogen (secondary N) is 2. The number of H-pyrrole nitrogens is 1. The van der Waals surface area contributed by atoms with Crippen LogP contribution in [0.3, 0.4) is 0 Å². The molecule has 3 rings (SSSR count). The molecule has 27 heavy (non-hydrogen) atoms. The second-order valence-electron chi connectivity index (χ2n) is 5.88. The fourth-order valence-electron chi connectivity index (χ4n) is 2.74. The number of hydrogen-bond acceptors (Lipinski definition) is 5. The highest BCUT2D eigenvalue weighted by Crippen LogP contribution is 2.28. The Morgan fingerprint density at radius 1 is 1.11 bits per heavy atom. The Hall–Kier alpha value is -3.45. The van der Waals surface area contributed by atoms with Crippen molar-refractivity contribution in [1.82, 2.24) is 4.98 Å². The lowest BCUT2D eigenvalue weighted by Gasteiger charge is -2.13. The molecule has 2 aromatic carbocycles. The number of hydrogen-bond donors (Lipinski definition) is 2. The molecular formula is C20H18N2O5.